The van der Waals surface area contributed by atoms with Crippen LogP contribution in [-0.4, -0.2) is 48.3 Å². The second-order valence-corrected chi connectivity index (χ2v) is 10.1. The molecule has 0 spiro atoms. The number of piperidine rings is 1. The second kappa shape index (κ2) is 11.8. The lowest BCUT2D eigenvalue weighted by molar-refractivity contribution is 0.0300. The van der Waals surface area contributed by atoms with Crippen molar-refractivity contribution in [2.24, 2.45) is 5.41 Å². The van der Waals surface area contributed by atoms with Gasteiger partial charge in [-0.15, -0.1) is 0 Å². The number of hydrogen-bond acceptors (Lipinski definition) is 4. The van der Waals surface area contributed by atoms with Gasteiger partial charge >= 0.3 is 0 Å². The molecule has 1 aliphatic heterocycles. The van der Waals surface area contributed by atoms with Crippen LogP contribution in [0.2, 0.25) is 5.02 Å². The Morgan fingerprint density at radius 3 is 2.69 bits per heavy atom. The van der Waals surface area contributed by atoms with E-state index >= 15 is 4.39 Å². The SMILES string of the molecule is COc1ccc2ncc(Cl)c([C@H](F)CCC3(CO)CCN(CCCc4cccc(F)c4F)CC3)c2c1. The number of fused-ring (bicyclic) bond motifs is 1. The maximum Gasteiger partial charge on any atom is 0.162 e. The molecule has 0 radical (unpaired) electrons. The van der Waals surface area contributed by atoms with Crippen LogP contribution in [0.4, 0.5) is 13.2 Å². The van der Waals surface area contributed by atoms with Crippen molar-refractivity contribution in [2.45, 2.75) is 44.7 Å². The van der Waals surface area contributed by atoms with Crippen molar-refractivity contribution in [1.29, 1.82) is 0 Å². The highest BCUT2D eigenvalue weighted by Gasteiger charge is 2.35. The van der Waals surface area contributed by atoms with E-state index < -0.39 is 17.8 Å². The quantitative estimate of drug-likeness (QED) is 0.324. The third kappa shape index (κ3) is 5.96. The van der Waals surface area contributed by atoms with Crippen LogP contribution in [0.15, 0.2) is 42.6 Å². The summed E-state index contributed by atoms with van der Waals surface area (Å²) in [5.74, 6) is -0.972. The number of aliphatic hydroxyl groups excluding tert-OH is 1. The predicted molar refractivity (Wildman–Crippen MR) is 136 cm³/mol. The third-order valence-corrected chi connectivity index (χ3v) is 7.81. The number of pyridine rings is 1. The molecule has 4 rings (SSSR count). The summed E-state index contributed by atoms with van der Waals surface area (Å²) in [6.07, 6.45) is 3.67. The maximum absolute atomic E-state index is 15.6. The van der Waals surface area contributed by atoms with E-state index in [2.05, 4.69) is 9.88 Å². The minimum atomic E-state index is -1.29. The lowest BCUT2D eigenvalue weighted by atomic mass is 9.74. The number of aromatic nitrogens is 1. The third-order valence-electron chi connectivity index (χ3n) is 7.51. The molecular formula is C28H32ClF3N2O2. The Kier molecular flexibility index (Phi) is 8.75. The molecule has 0 bridgehead atoms. The number of hydrogen-bond donors (Lipinski definition) is 1. The monoisotopic (exact) mass is 520 g/mol. The topological polar surface area (TPSA) is 45.6 Å². The summed E-state index contributed by atoms with van der Waals surface area (Å²) in [7, 11) is 1.56. The number of halogens is 4. The first-order valence-corrected chi connectivity index (χ1v) is 12.8. The highest BCUT2D eigenvalue weighted by Crippen LogP contribution is 2.42. The Balaban J connectivity index is 1.33. The summed E-state index contributed by atoms with van der Waals surface area (Å²) in [4.78, 5) is 6.58. The molecule has 3 aromatic rings. The number of methoxy groups -OCH3 is 1. The molecule has 194 valence electrons. The zero-order valence-corrected chi connectivity index (χ0v) is 21.2. The highest BCUT2D eigenvalue weighted by atomic mass is 35.5. The first-order chi connectivity index (χ1) is 17.4. The minimum absolute atomic E-state index is 0.000706. The Bertz CT molecular complexity index is 1180. The smallest absolute Gasteiger partial charge is 0.162 e. The van der Waals surface area contributed by atoms with Crippen LogP contribution < -0.4 is 4.74 Å². The summed E-state index contributed by atoms with van der Waals surface area (Å²) in [5, 5.41) is 11.1. The Hall–Kier alpha value is -2.35. The van der Waals surface area contributed by atoms with Gasteiger partial charge in [0, 0.05) is 23.8 Å². The number of benzene rings is 2. The fourth-order valence-corrected chi connectivity index (χ4v) is 5.43. The average Bonchev–Trinajstić information content (AvgIpc) is 2.90. The van der Waals surface area contributed by atoms with E-state index in [1.54, 1.807) is 31.4 Å². The molecule has 4 nitrogen and oxygen atoms in total. The largest absolute Gasteiger partial charge is 0.497 e. The van der Waals surface area contributed by atoms with E-state index in [1.165, 1.54) is 12.3 Å². The van der Waals surface area contributed by atoms with Crippen LogP contribution in [0.25, 0.3) is 10.9 Å². The van der Waals surface area contributed by atoms with E-state index in [-0.39, 0.29) is 23.5 Å². The van der Waals surface area contributed by atoms with Crippen LogP contribution in [0.5, 0.6) is 5.75 Å². The summed E-state index contributed by atoms with van der Waals surface area (Å²) in [6, 6.07) is 9.60. The lowest BCUT2D eigenvalue weighted by Gasteiger charge is -2.41. The van der Waals surface area contributed by atoms with Crippen molar-refractivity contribution in [1.82, 2.24) is 9.88 Å². The molecule has 1 saturated heterocycles. The number of aliphatic hydroxyl groups is 1. The van der Waals surface area contributed by atoms with Gasteiger partial charge in [0.2, 0.25) is 0 Å². The van der Waals surface area contributed by atoms with Crippen LogP contribution in [0, 0.1) is 17.0 Å². The van der Waals surface area contributed by atoms with Gasteiger partial charge in [0.05, 0.1) is 17.6 Å². The van der Waals surface area contributed by atoms with Gasteiger partial charge in [-0.05, 0) is 93.4 Å². The number of aryl methyl sites for hydroxylation is 1. The minimum Gasteiger partial charge on any atom is -0.497 e. The van der Waals surface area contributed by atoms with Gasteiger partial charge in [-0.3, -0.25) is 4.98 Å². The molecular weight excluding hydrogens is 489 g/mol. The molecule has 1 aromatic heterocycles. The Morgan fingerprint density at radius 2 is 1.97 bits per heavy atom. The molecule has 0 aliphatic carbocycles. The van der Waals surface area contributed by atoms with Gasteiger partial charge < -0.3 is 14.7 Å². The summed E-state index contributed by atoms with van der Waals surface area (Å²) in [5.41, 5.74) is 1.12. The van der Waals surface area contributed by atoms with Gasteiger partial charge in [-0.25, -0.2) is 13.2 Å². The molecule has 1 fully saturated rings. The van der Waals surface area contributed by atoms with Crippen LogP contribution in [-0.2, 0) is 6.42 Å². The van der Waals surface area contributed by atoms with Gasteiger partial charge in [0.1, 0.15) is 11.9 Å². The number of alkyl halides is 1. The molecule has 8 heteroatoms. The molecule has 1 aliphatic rings. The number of nitrogens with zero attached hydrogens (tertiary/aromatic N) is 2. The van der Waals surface area contributed by atoms with Crippen LogP contribution in [0.1, 0.15) is 49.4 Å². The summed E-state index contributed by atoms with van der Waals surface area (Å²) in [6.45, 7) is 2.32. The van der Waals surface area contributed by atoms with Gasteiger partial charge in [-0.1, -0.05) is 23.7 Å². The van der Waals surface area contributed by atoms with E-state index in [0.29, 0.717) is 40.6 Å². The number of rotatable bonds is 10. The molecule has 1 atom stereocenters. The van der Waals surface area contributed by atoms with Crippen LogP contribution >= 0.6 is 11.6 Å². The zero-order chi connectivity index (χ0) is 25.7. The van der Waals surface area contributed by atoms with E-state index in [9.17, 15) is 13.9 Å². The fourth-order valence-electron chi connectivity index (χ4n) is 5.16. The first-order valence-electron chi connectivity index (χ1n) is 12.4. The first kappa shape index (κ1) is 26.7. The molecule has 2 aromatic carbocycles. The van der Waals surface area contributed by atoms with E-state index in [4.69, 9.17) is 16.3 Å². The van der Waals surface area contributed by atoms with Crippen molar-refractivity contribution < 1.29 is 23.0 Å². The van der Waals surface area contributed by atoms with Crippen LogP contribution in [0.3, 0.4) is 0 Å². The van der Waals surface area contributed by atoms with Crippen molar-refractivity contribution in [3.63, 3.8) is 0 Å². The van der Waals surface area contributed by atoms with Crippen molar-refractivity contribution in [3.05, 3.63) is 70.4 Å². The maximum atomic E-state index is 15.6. The molecule has 36 heavy (non-hydrogen) atoms. The zero-order valence-electron chi connectivity index (χ0n) is 20.5. The van der Waals surface area contributed by atoms with E-state index in [1.807, 2.05) is 0 Å². The highest BCUT2D eigenvalue weighted by molar-refractivity contribution is 6.32. The molecule has 0 amide bonds. The second-order valence-electron chi connectivity index (χ2n) is 9.73. The summed E-state index contributed by atoms with van der Waals surface area (Å²) >= 11 is 6.37. The average molecular weight is 521 g/mol. The Labute approximate surface area is 215 Å². The molecule has 0 unspecified atom stereocenters. The number of likely N-dealkylation sites (tertiary alicyclic amines) is 1. The van der Waals surface area contributed by atoms with Crippen molar-refractivity contribution in [2.75, 3.05) is 33.4 Å². The molecule has 2 heterocycles. The van der Waals surface area contributed by atoms with Crippen molar-refractivity contribution >= 4 is 22.5 Å². The number of ether oxygens (including phenoxy) is 1. The molecule has 0 saturated carbocycles. The lowest BCUT2D eigenvalue weighted by Crippen LogP contribution is -2.42. The predicted octanol–water partition coefficient (Wildman–Crippen LogP) is 6.67. The fraction of sp³-hybridized carbons (Fsp3) is 0.464. The molecule has 1 N–H and O–H groups in total. The van der Waals surface area contributed by atoms with E-state index in [0.717, 1.165) is 45.0 Å². The Morgan fingerprint density at radius 1 is 1.19 bits per heavy atom. The van der Waals surface area contributed by atoms with Gasteiger partial charge in [-0.2, -0.15) is 0 Å². The summed E-state index contributed by atoms with van der Waals surface area (Å²) < 4.78 is 48.2. The van der Waals surface area contributed by atoms with Gasteiger partial charge in [0.25, 0.3) is 0 Å². The standard InChI is InChI=1S/C28H32ClF3N2O2/c1-36-20-7-8-25-21(16-20)26(22(29)17-33-25)23(30)9-10-28(18-35)11-14-34(15-12-28)13-3-5-19-4-2-6-24(31)27(19)32/h2,4,6-8,16-17,23,35H,3,5,9-15,18H2,1H3/t23-/m1/s1. The van der Waals surface area contributed by atoms with Crippen molar-refractivity contribution in [3.8, 4) is 5.75 Å². The normalized spacial score (nSPS) is 16.8. The van der Waals surface area contributed by atoms with Gasteiger partial charge in [0.15, 0.2) is 11.6 Å².